The second-order valence-electron chi connectivity index (χ2n) is 7.95. The predicted molar refractivity (Wildman–Crippen MR) is 104 cm³/mol. The van der Waals surface area contributed by atoms with Crippen LogP contribution in [-0.2, 0) is 9.47 Å². The van der Waals surface area contributed by atoms with Crippen LogP contribution in [0.5, 0.6) is 0 Å². The SMILES string of the molecule is COC(=O)c1ccc(NCCC2CCN(C(=O)OC(C)(C)C)CC2)nc1C. The lowest BCUT2D eigenvalue weighted by molar-refractivity contribution is 0.0182. The number of anilines is 1. The first-order valence-corrected chi connectivity index (χ1v) is 9.47. The van der Waals surface area contributed by atoms with Gasteiger partial charge < -0.3 is 19.7 Å². The minimum absolute atomic E-state index is 0.218. The summed E-state index contributed by atoms with van der Waals surface area (Å²) in [7, 11) is 1.36. The maximum absolute atomic E-state index is 12.1. The van der Waals surface area contributed by atoms with Gasteiger partial charge in [0.2, 0.25) is 0 Å². The largest absolute Gasteiger partial charge is 0.465 e. The lowest BCUT2D eigenvalue weighted by atomic mass is 9.94. The van der Waals surface area contributed by atoms with E-state index in [1.807, 2.05) is 20.8 Å². The van der Waals surface area contributed by atoms with Crippen molar-refractivity contribution in [1.82, 2.24) is 9.88 Å². The molecular formula is C20H31N3O4. The molecule has 1 amide bonds. The summed E-state index contributed by atoms with van der Waals surface area (Å²) < 4.78 is 10.2. The average molecular weight is 377 g/mol. The number of aryl methyl sites for hydroxylation is 1. The van der Waals surface area contributed by atoms with E-state index in [-0.39, 0.29) is 12.1 Å². The Bertz CT molecular complexity index is 662. The molecule has 0 spiro atoms. The van der Waals surface area contributed by atoms with E-state index in [1.54, 1.807) is 24.0 Å². The number of hydrogen-bond acceptors (Lipinski definition) is 6. The van der Waals surface area contributed by atoms with Gasteiger partial charge >= 0.3 is 12.1 Å². The number of rotatable bonds is 5. The molecule has 1 fully saturated rings. The van der Waals surface area contributed by atoms with Gasteiger partial charge in [-0.1, -0.05) is 0 Å². The Labute approximate surface area is 161 Å². The zero-order valence-corrected chi connectivity index (χ0v) is 17.0. The number of amides is 1. The quantitative estimate of drug-likeness (QED) is 0.789. The summed E-state index contributed by atoms with van der Waals surface area (Å²) in [5.74, 6) is 0.960. The molecule has 1 saturated heterocycles. The van der Waals surface area contributed by atoms with E-state index in [0.717, 1.165) is 44.7 Å². The number of esters is 1. The zero-order valence-electron chi connectivity index (χ0n) is 17.0. The molecule has 150 valence electrons. The van der Waals surface area contributed by atoms with Crippen molar-refractivity contribution in [3.8, 4) is 0 Å². The van der Waals surface area contributed by atoms with E-state index < -0.39 is 5.60 Å². The van der Waals surface area contributed by atoms with Gasteiger partial charge in [0.25, 0.3) is 0 Å². The lowest BCUT2D eigenvalue weighted by Crippen LogP contribution is -2.41. The van der Waals surface area contributed by atoms with Crippen LogP contribution < -0.4 is 5.32 Å². The van der Waals surface area contributed by atoms with Crippen molar-refractivity contribution in [2.45, 2.75) is 52.6 Å². The Hall–Kier alpha value is -2.31. The van der Waals surface area contributed by atoms with Gasteiger partial charge in [-0.15, -0.1) is 0 Å². The van der Waals surface area contributed by atoms with Gasteiger partial charge in [0, 0.05) is 19.6 Å². The molecule has 0 aromatic carbocycles. The summed E-state index contributed by atoms with van der Waals surface area (Å²) in [5.41, 5.74) is 0.682. The Morgan fingerprint density at radius 2 is 1.93 bits per heavy atom. The number of piperidine rings is 1. The third-order valence-electron chi connectivity index (χ3n) is 4.62. The number of hydrogen-bond donors (Lipinski definition) is 1. The highest BCUT2D eigenvalue weighted by Gasteiger charge is 2.26. The summed E-state index contributed by atoms with van der Waals surface area (Å²) in [4.78, 5) is 29.9. The minimum Gasteiger partial charge on any atom is -0.465 e. The smallest absolute Gasteiger partial charge is 0.410 e. The lowest BCUT2D eigenvalue weighted by Gasteiger charge is -2.33. The number of aromatic nitrogens is 1. The molecule has 2 rings (SSSR count). The van der Waals surface area contributed by atoms with Crippen LogP contribution in [0.25, 0.3) is 0 Å². The van der Waals surface area contributed by atoms with Gasteiger partial charge in [0.1, 0.15) is 11.4 Å². The Morgan fingerprint density at radius 3 is 2.48 bits per heavy atom. The van der Waals surface area contributed by atoms with Crippen molar-refractivity contribution in [1.29, 1.82) is 0 Å². The van der Waals surface area contributed by atoms with Gasteiger partial charge in [0.05, 0.1) is 18.4 Å². The molecule has 0 atom stereocenters. The molecule has 7 heteroatoms. The van der Waals surface area contributed by atoms with Crippen LogP contribution in [0.1, 0.15) is 56.1 Å². The van der Waals surface area contributed by atoms with Crippen LogP contribution >= 0.6 is 0 Å². The summed E-state index contributed by atoms with van der Waals surface area (Å²) in [5, 5.41) is 3.31. The molecule has 0 saturated carbocycles. The number of nitrogens with one attached hydrogen (secondary N) is 1. The second kappa shape index (κ2) is 9.06. The Morgan fingerprint density at radius 1 is 1.26 bits per heavy atom. The molecule has 27 heavy (non-hydrogen) atoms. The van der Waals surface area contributed by atoms with Crippen molar-refractivity contribution in [2.24, 2.45) is 5.92 Å². The summed E-state index contributed by atoms with van der Waals surface area (Å²) in [6.07, 6.45) is 2.76. The highest BCUT2D eigenvalue weighted by atomic mass is 16.6. The standard InChI is InChI=1S/C20H31N3O4/c1-14-16(18(24)26-5)6-7-17(22-14)21-11-8-15-9-12-23(13-10-15)19(25)27-20(2,3)4/h6-7,15H,8-13H2,1-5H3,(H,21,22). The normalized spacial score (nSPS) is 15.4. The van der Waals surface area contributed by atoms with E-state index in [1.165, 1.54) is 7.11 Å². The zero-order chi connectivity index (χ0) is 20.0. The molecule has 1 aliphatic rings. The average Bonchev–Trinajstić information content (AvgIpc) is 2.60. The third-order valence-corrected chi connectivity index (χ3v) is 4.62. The van der Waals surface area contributed by atoms with Crippen LogP contribution in [-0.4, -0.2) is 54.3 Å². The highest BCUT2D eigenvalue weighted by Crippen LogP contribution is 2.22. The Kier molecular flexibility index (Phi) is 7.05. The van der Waals surface area contributed by atoms with E-state index in [2.05, 4.69) is 10.3 Å². The maximum atomic E-state index is 12.1. The van der Waals surface area contributed by atoms with Crippen molar-refractivity contribution in [3.63, 3.8) is 0 Å². The van der Waals surface area contributed by atoms with E-state index in [4.69, 9.17) is 9.47 Å². The molecule has 1 aromatic rings. The molecule has 0 bridgehead atoms. The van der Waals surface area contributed by atoms with Gasteiger partial charge in [-0.3, -0.25) is 0 Å². The molecule has 0 aliphatic carbocycles. The molecule has 1 N–H and O–H groups in total. The minimum atomic E-state index is -0.452. The fourth-order valence-corrected chi connectivity index (χ4v) is 3.12. The first-order chi connectivity index (χ1) is 12.7. The van der Waals surface area contributed by atoms with Crippen molar-refractivity contribution >= 4 is 17.9 Å². The van der Waals surface area contributed by atoms with E-state index >= 15 is 0 Å². The third kappa shape index (κ3) is 6.41. The Balaban J connectivity index is 1.74. The molecule has 0 radical (unpaired) electrons. The maximum Gasteiger partial charge on any atom is 0.410 e. The number of ether oxygens (including phenoxy) is 2. The monoisotopic (exact) mass is 377 g/mol. The second-order valence-corrected chi connectivity index (χ2v) is 7.95. The topological polar surface area (TPSA) is 80.8 Å². The number of likely N-dealkylation sites (tertiary alicyclic amines) is 1. The molecule has 0 unspecified atom stereocenters. The van der Waals surface area contributed by atoms with Crippen molar-refractivity contribution in [3.05, 3.63) is 23.4 Å². The van der Waals surface area contributed by atoms with Gasteiger partial charge in [0.15, 0.2) is 0 Å². The van der Waals surface area contributed by atoms with Crippen LogP contribution in [0, 0.1) is 12.8 Å². The van der Waals surface area contributed by atoms with Crippen LogP contribution in [0.4, 0.5) is 10.6 Å². The summed E-state index contributed by atoms with van der Waals surface area (Å²) in [6.45, 7) is 9.74. The van der Waals surface area contributed by atoms with Crippen LogP contribution in [0.2, 0.25) is 0 Å². The number of methoxy groups -OCH3 is 1. The van der Waals surface area contributed by atoms with Gasteiger partial charge in [-0.05, 0) is 65.0 Å². The van der Waals surface area contributed by atoms with Crippen molar-refractivity contribution in [2.75, 3.05) is 32.1 Å². The van der Waals surface area contributed by atoms with Gasteiger partial charge in [-0.25, -0.2) is 14.6 Å². The molecule has 2 heterocycles. The number of nitrogens with zero attached hydrogens (tertiary/aromatic N) is 2. The van der Waals surface area contributed by atoms with Crippen molar-refractivity contribution < 1.29 is 19.1 Å². The molecular weight excluding hydrogens is 346 g/mol. The summed E-state index contributed by atoms with van der Waals surface area (Å²) >= 11 is 0. The van der Waals surface area contributed by atoms with E-state index in [0.29, 0.717) is 17.2 Å². The van der Waals surface area contributed by atoms with Crippen LogP contribution in [0.15, 0.2) is 12.1 Å². The molecule has 1 aromatic heterocycles. The first kappa shape index (κ1) is 21.0. The number of carbonyl (C=O) groups is 2. The molecule has 1 aliphatic heterocycles. The predicted octanol–water partition coefficient (Wildman–Crippen LogP) is 3.63. The number of carbonyl (C=O) groups excluding carboxylic acids is 2. The first-order valence-electron chi connectivity index (χ1n) is 9.47. The number of pyridine rings is 1. The molecule has 7 nitrogen and oxygen atoms in total. The van der Waals surface area contributed by atoms with E-state index in [9.17, 15) is 9.59 Å². The fourth-order valence-electron chi connectivity index (χ4n) is 3.12. The summed E-state index contributed by atoms with van der Waals surface area (Å²) in [6, 6.07) is 3.53. The van der Waals surface area contributed by atoms with Gasteiger partial charge in [-0.2, -0.15) is 0 Å². The fraction of sp³-hybridized carbons (Fsp3) is 0.650. The highest BCUT2D eigenvalue weighted by molar-refractivity contribution is 5.90. The van der Waals surface area contributed by atoms with Crippen LogP contribution in [0.3, 0.4) is 0 Å².